The number of aliphatic hydroxyl groups is 1. The molecule has 4 heteroatoms. The number of nitriles is 1. The van der Waals surface area contributed by atoms with Crippen LogP contribution in [0.3, 0.4) is 0 Å². The molecule has 0 bridgehead atoms. The normalized spacial score (nSPS) is 18.1. The molecule has 1 aliphatic heterocycles. The SMILES string of the molecule is CC(O)C1CCN(CCCOc2cccc(C#N)c2)CC1. The molecule has 1 aromatic carbocycles. The highest BCUT2D eigenvalue weighted by atomic mass is 16.5. The van der Waals surface area contributed by atoms with Crippen molar-refractivity contribution in [2.45, 2.75) is 32.3 Å². The Morgan fingerprint density at radius 1 is 1.43 bits per heavy atom. The first-order valence-electron chi connectivity index (χ1n) is 7.72. The van der Waals surface area contributed by atoms with Gasteiger partial charge in [0.05, 0.1) is 24.3 Å². The Hall–Kier alpha value is -1.57. The molecular formula is C17H24N2O2. The zero-order chi connectivity index (χ0) is 15.1. The fraction of sp³-hybridized carbons (Fsp3) is 0.588. The molecule has 4 nitrogen and oxygen atoms in total. The topological polar surface area (TPSA) is 56.5 Å². The minimum Gasteiger partial charge on any atom is -0.494 e. The van der Waals surface area contributed by atoms with Crippen LogP contribution in [0, 0.1) is 17.2 Å². The summed E-state index contributed by atoms with van der Waals surface area (Å²) in [5, 5.41) is 18.4. The maximum absolute atomic E-state index is 9.58. The highest BCUT2D eigenvalue weighted by Crippen LogP contribution is 2.20. The second kappa shape index (κ2) is 8.02. The lowest BCUT2D eigenvalue weighted by molar-refractivity contribution is 0.0701. The highest BCUT2D eigenvalue weighted by molar-refractivity contribution is 5.36. The van der Waals surface area contributed by atoms with Crippen LogP contribution in [0.25, 0.3) is 0 Å². The summed E-state index contributed by atoms with van der Waals surface area (Å²) in [6, 6.07) is 9.39. The second-order valence-electron chi connectivity index (χ2n) is 5.76. The molecule has 1 aliphatic rings. The van der Waals surface area contributed by atoms with E-state index in [9.17, 15) is 5.11 Å². The van der Waals surface area contributed by atoms with E-state index in [1.807, 2.05) is 19.1 Å². The van der Waals surface area contributed by atoms with E-state index in [1.165, 1.54) is 0 Å². The summed E-state index contributed by atoms with van der Waals surface area (Å²) in [7, 11) is 0. The van der Waals surface area contributed by atoms with Gasteiger partial charge in [0.1, 0.15) is 5.75 Å². The summed E-state index contributed by atoms with van der Waals surface area (Å²) in [4.78, 5) is 2.44. The van der Waals surface area contributed by atoms with Crippen molar-refractivity contribution < 1.29 is 9.84 Å². The molecule has 1 aromatic rings. The van der Waals surface area contributed by atoms with Crippen molar-refractivity contribution in [1.29, 1.82) is 5.26 Å². The Morgan fingerprint density at radius 3 is 2.86 bits per heavy atom. The van der Waals surface area contributed by atoms with Crippen LogP contribution < -0.4 is 4.74 Å². The summed E-state index contributed by atoms with van der Waals surface area (Å²) in [6.07, 6.45) is 2.98. The van der Waals surface area contributed by atoms with Gasteiger partial charge in [-0.05, 0) is 63.4 Å². The van der Waals surface area contributed by atoms with Gasteiger partial charge in [-0.25, -0.2) is 0 Å². The molecule has 1 heterocycles. The molecule has 114 valence electrons. The molecule has 21 heavy (non-hydrogen) atoms. The van der Waals surface area contributed by atoms with Crippen LogP contribution in [0.1, 0.15) is 31.7 Å². The lowest BCUT2D eigenvalue weighted by Gasteiger charge is -2.33. The summed E-state index contributed by atoms with van der Waals surface area (Å²) in [5.41, 5.74) is 0.632. The molecule has 1 atom stereocenters. The molecule has 0 aromatic heterocycles. The van der Waals surface area contributed by atoms with Crippen LogP contribution in [-0.4, -0.2) is 42.4 Å². The number of hydrogen-bond donors (Lipinski definition) is 1. The first-order valence-corrected chi connectivity index (χ1v) is 7.72. The third-order valence-corrected chi connectivity index (χ3v) is 4.17. The largest absolute Gasteiger partial charge is 0.494 e. The van der Waals surface area contributed by atoms with E-state index in [2.05, 4.69) is 11.0 Å². The van der Waals surface area contributed by atoms with Gasteiger partial charge in [0.2, 0.25) is 0 Å². The van der Waals surface area contributed by atoms with Crippen LogP contribution in [0.2, 0.25) is 0 Å². The van der Waals surface area contributed by atoms with Gasteiger partial charge in [-0.3, -0.25) is 0 Å². The van der Waals surface area contributed by atoms with E-state index in [0.29, 0.717) is 18.1 Å². The maximum atomic E-state index is 9.58. The number of benzene rings is 1. The predicted molar refractivity (Wildman–Crippen MR) is 82.1 cm³/mol. The fourth-order valence-corrected chi connectivity index (χ4v) is 2.79. The van der Waals surface area contributed by atoms with Crippen molar-refractivity contribution in [3.63, 3.8) is 0 Å². The Morgan fingerprint density at radius 2 is 2.19 bits per heavy atom. The van der Waals surface area contributed by atoms with Crippen LogP contribution in [-0.2, 0) is 0 Å². The zero-order valence-corrected chi connectivity index (χ0v) is 12.7. The third-order valence-electron chi connectivity index (χ3n) is 4.17. The average molecular weight is 288 g/mol. The van der Waals surface area contributed by atoms with Gasteiger partial charge in [-0.15, -0.1) is 0 Å². The lowest BCUT2D eigenvalue weighted by Crippen LogP contribution is -2.37. The van der Waals surface area contributed by atoms with E-state index >= 15 is 0 Å². The van der Waals surface area contributed by atoms with Gasteiger partial charge >= 0.3 is 0 Å². The molecule has 1 fully saturated rings. The van der Waals surface area contributed by atoms with Crippen LogP contribution in [0.4, 0.5) is 0 Å². The van der Waals surface area contributed by atoms with Crippen LogP contribution in [0.5, 0.6) is 5.75 Å². The summed E-state index contributed by atoms with van der Waals surface area (Å²) in [5.74, 6) is 1.23. The zero-order valence-electron chi connectivity index (χ0n) is 12.7. The van der Waals surface area contributed by atoms with Crippen molar-refractivity contribution in [3.05, 3.63) is 29.8 Å². The van der Waals surface area contributed by atoms with Crippen molar-refractivity contribution in [1.82, 2.24) is 4.90 Å². The summed E-state index contributed by atoms with van der Waals surface area (Å²) in [6.45, 7) is 5.73. The molecular weight excluding hydrogens is 264 g/mol. The van der Waals surface area contributed by atoms with Gasteiger partial charge in [0.25, 0.3) is 0 Å². The van der Waals surface area contributed by atoms with Crippen LogP contribution >= 0.6 is 0 Å². The molecule has 0 aliphatic carbocycles. The first-order chi connectivity index (χ1) is 10.2. The van der Waals surface area contributed by atoms with Crippen LogP contribution in [0.15, 0.2) is 24.3 Å². The number of hydrogen-bond acceptors (Lipinski definition) is 4. The van der Waals surface area contributed by atoms with Gasteiger partial charge in [0, 0.05) is 6.54 Å². The van der Waals surface area contributed by atoms with E-state index in [-0.39, 0.29) is 6.10 Å². The Labute approximate surface area is 127 Å². The molecule has 0 saturated carbocycles. The van der Waals surface area contributed by atoms with E-state index < -0.39 is 0 Å². The van der Waals surface area contributed by atoms with Crippen molar-refractivity contribution in [3.8, 4) is 11.8 Å². The van der Waals surface area contributed by atoms with E-state index in [0.717, 1.165) is 44.6 Å². The Balaban J connectivity index is 1.63. The molecule has 1 saturated heterocycles. The molecule has 0 spiro atoms. The smallest absolute Gasteiger partial charge is 0.120 e. The van der Waals surface area contributed by atoms with Gasteiger partial charge < -0.3 is 14.7 Å². The first kappa shape index (κ1) is 15.8. The van der Waals surface area contributed by atoms with Gasteiger partial charge in [-0.2, -0.15) is 5.26 Å². The minimum absolute atomic E-state index is 0.178. The molecule has 0 radical (unpaired) electrons. The fourth-order valence-electron chi connectivity index (χ4n) is 2.79. The number of rotatable bonds is 6. The Kier molecular flexibility index (Phi) is 6.04. The molecule has 0 amide bonds. The second-order valence-corrected chi connectivity index (χ2v) is 5.76. The lowest BCUT2D eigenvalue weighted by atomic mass is 9.92. The number of piperidine rings is 1. The van der Waals surface area contributed by atoms with E-state index in [1.54, 1.807) is 12.1 Å². The molecule has 1 unspecified atom stereocenters. The number of aliphatic hydroxyl groups excluding tert-OH is 1. The number of likely N-dealkylation sites (tertiary alicyclic amines) is 1. The summed E-state index contributed by atoms with van der Waals surface area (Å²) < 4.78 is 5.68. The maximum Gasteiger partial charge on any atom is 0.120 e. The van der Waals surface area contributed by atoms with Crippen molar-refractivity contribution in [2.75, 3.05) is 26.2 Å². The van der Waals surface area contributed by atoms with Gasteiger partial charge in [0.15, 0.2) is 0 Å². The standard InChI is InChI=1S/C17H24N2O2/c1-14(20)16-6-9-19(10-7-16)8-3-11-21-17-5-2-4-15(12-17)13-18/h2,4-5,12,14,16,20H,3,6-11H2,1H3. The minimum atomic E-state index is -0.178. The average Bonchev–Trinajstić information content (AvgIpc) is 2.52. The predicted octanol–water partition coefficient (Wildman–Crippen LogP) is 2.42. The Bertz CT molecular complexity index is 474. The quantitative estimate of drug-likeness (QED) is 0.817. The third kappa shape index (κ3) is 5.04. The highest BCUT2D eigenvalue weighted by Gasteiger charge is 2.21. The number of nitrogens with zero attached hydrogens (tertiary/aromatic N) is 2. The van der Waals surface area contributed by atoms with Crippen molar-refractivity contribution in [2.24, 2.45) is 5.92 Å². The van der Waals surface area contributed by atoms with Crippen molar-refractivity contribution >= 4 is 0 Å². The van der Waals surface area contributed by atoms with Gasteiger partial charge in [-0.1, -0.05) is 6.07 Å². The molecule has 1 N–H and O–H groups in total. The van der Waals surface area contributed by atoms with E-state index in [4.69, 9.17) is 10.00 Å². The summed E-state index contributed by atoms with van der Waals surface area (Å²) >= 11 is 0. The monoisotopic (exact) mass is 288 g/mol. The number of ether oxygens (including phenoxy) is 1. The molecule has 2 rings (SSSR count).